The van der Waals surface area contributed by atoms with Crippen molar-refractivity contribution in [2.24, 2.45) is 7.05 Å². The zero-order chi connectivity index (χ0) is 21.6. The van der Waals surface area contributed by atoms with Gasteiger partial charge in [-0.25, -0.2) is 0 Å². The molecule has 2 aliphatic heterocycles. The van der Waals surface area contributed by atoms with Gasteiger partial charge >= 0.3 is 0 Å². The Morgan fingerprint density at radius 1 is 1.19 bits per heavy atom. The number of benzene rings is 2. The lowest BCUT2D eigenvalue weighted by molar-refractivity contribution is -0.00172. The molecule has 160 valence electrons. The van der Waals surface area contributed by atoms with Crippen LogP contribution in [0, 0.1) is 0 Å². The van der Waals surface area contributed by atoms with Crippen LogP contribution in [0.25, 0.3) is 11.3 Å². The normalized spacial score (nSPS) is 16.5. The molecule has 5 nitrogen and oxygen atoms in total. The summed E-state index contributed by atoms with van der Waals surface area (Å²) in [4.78, 5) is 15.2. The van der Waals surface area contributed by atoms with E-state index in [1.165, 1.54) is 5.56 Å². The van der Waals surface area contributed by atoms with E-state index in [1.807, 2.05) is 59.2 Å². The van der Waals surface area contributed by atoms with Gasteiger partial charge in [0.05, 0.1) is 11.9 Å². The fourth-order valence-electron chi connectivity index (χ4n) is 4.90. The molecule has 31 heavy (non-hydrogen) atoms. The van der Waals surface area contributed by atoms with Gasteiger partial charge in [0.1, 0.15) is 11.4 Å². The van der Waals surface area contributed by atoms with Crippen LogP contribution in [0.2, 0.25) is 0 Å². The van der Waals surface area contributed by atoms with E-state index in [1.54, 1.807) is 0 Å². The molecular weight excluding hydrogens is 454 g/mol. The topological polar surface area (TPSA) is 47.4 Å². The molecule has 1 saturated heterocycles. The highest BCUT2D eigenvalue weighted by Crippen LogP contribution is 2.49. The molecule has 1 amide bonds. The molecule has 0 saturated carbocycles. The molecule has 0 aliphatic carbocycles. The highest BCUT2D eigenvalue weighted by atomic mass is 79.9. The number of hydrogen-bond donors (Lipinski definition) is 0. The van der Waals surface area contributed by atoms with Gasteiger partial charge in [-0.15, -0.1) is 0 Å². The van der Waals surface area contributed by atoms with Crippen LogP contribution < -0.4 is 4.74 Å². The molecule has 1 spiro atoms. The Morgan fingerprint density at radius 2 is 1.97 bits per heavy atom. The van der Waals surface area contributed by atoms with Crippen molar-refractivity contribution in [3.63, 3.8) is 0 Å². The first-order chi connectivity index (χ1) is 15.0. The molecule has 3 aromatic rings. The maximum absolute atomic E-state index is 13.2. The molecule has 1 fully saturated rings. The lowest BCUT2D eigenvalue weighted by atomic mass is 9.81. The van der Waals surface area contributed by atoms with Gasteiger partial charge in [-0.05, 0) is 42.3 Å². The Kier molecular flexibility index (Phi) is 5.13. The van der Waals surface area contributed by atoms with Gasteiger partial charge in [0.25, 0.3) is 5.91 Å². The van der Waals surface area contributed by atoms with Crippen LogP contribution in [0.4, 0.5) is 0 Å². The predicted molar refractivity (Wildman–Crippen MR) is 124 cm³/mol. The second-order valence-corrected chi connectivity index (χ2v) is 9.33. The number of carbonyl (C=O) groups is 1. The molecule has 2 aliphatic rings. The average Bonchev–Trinajstić information content (AvgIpc) is 3.18. The van der Waals surface area contributed by atoms with E-state index in [2.05, 4.69) is 34.0 Å². The van der Waals surface area contributed by atoms with Gasteiger partial charge < -0.3 is 9.64 Å². The Labute approximate surface area is 191 Å². The van der Waals surface area contributed by atoms with Gasteiger partial charge in [0.15, 0.2) is 0 Å². The summed E-state index contributed by atoms with van der Waals surface area (Å²) < 4.78 is 9.61. The van der Waals surface area contributed by atoms with E-state index in [4.69, 9.17) is 4.74 Å². The molecule has 0 unspecified atom stereocenters. The molecule has 1 aromatic heterocycles. The molecule has 0 N–H and O–H groups in total. The second kappa shape index (κ2) is 7.83. The Hall–Kier alpha value is -2.60. The molecular formula is C25H26BrN3O2. The first kappa shape index (κ1) is 20.3. The zero-order valence-electron chi connectivity index (χ0n) is 17.9. The second-order valence-electron chi connectivity index (χ2n) is 8.47. The number of nitrogens with zero attached hydrogens (tertiary/aromatic N) is 3. The van der Waals surface area contributed by atoms with Crippen molar-refractivity contribution in [1.82, 2.24) is 14.7 Å². The lowest BCUT2D eigenvalue weighted by Gasteiger charge is -2.44. The van der Waals surface area contributed by atoms with Crippen LogP contribution in [-0.4, -0.2) is 33.7 Å². The van der Waals surface area contributed by atoms with Crippen LogP contribution in [0.3, 0.4) is 0 Å². The summed E-state index contributed by atoms with van der Waals surface area (Å²) >= 11 is 3.61. The van der Waals surface area contributed by atoms with E-state index in [0.717, 1.165) is 58.3 Å². The molecule has 0 atom stereocenters. The summed E-state index contributed by atoms with van der Waals surface area (Å²) in [7, 11) is 1.98. The quantitative estimate of drug-likeness (QED) is 0.510. The number of carbonyl (C=O) groups excluding carboxylic acids is 1. The third-order valence-corrected chi connectivity index (χ3v) is 7.32. The minimum absolute atomic E-state index is 0.0994. The number of hydrogen-bond acceptors (Lipinski definition) is 3. The van der Waals surface area contributed by atoms with Gasteiger partial charge in [0.2, 0.25) is 0 Å². The van der Waals surface area contributed by atoms with Gasteiger partial charge in [0, 0.05) is 54.1 Å². The largest absolute Gasteiger partial charge is 0.482 e. The highest BCUT2D eigenvalue weighted by molar-refractivity contribution is 9.10. The number of rotatable bonds is 3. The maximum Gasteiger partial charge on any atom is 0.253 e. The summed E-state index contributed by atoms with van der Waals surface area (Å²) in [6, 6.07) is 14.1. The Morgan fingerprint density at radius 3 is 2.74 bits per heavy atom. The van der Waals surface area contributed by atoms with Crippen molar-refractivity contribution >= 4 is 21.8 Å². The number of halogens is 1. The van der Waals surface area contributed by atoms with Crippen LogP contribution in [0.1, 0.15) is 47.7 Å². The fourth-order valence-corrected chi connectivity index (χ4v) is 5.35. The molecule has 5 rings (SSSR count). The van der Waals surface area contributed by atoms with Crippen LogP contribution in [-0.2, 0) is 19.1 Å². The molecule has 6 heteroatoms. The standard InChI is InChI=1S/C25H26BrN3O2/c1-3-6-17-15-18(9-10-21(17)26)24(30)29-13-11-25(12-14-29)20-16-27-28(2)23(20)19-7-4-5-8-22(19)31-25/h4-5,7-10,15-16H,3,6,11-14H2,1-2H3. The SMILES string of the molecule is CCCc1cc(C(=O)N2CCC3(CC2)Oc2ccccc2-c2c3cnn2C)ccc1Br. The lowest BCUT2D eigenvalue weighted by Crippen LogP contribution is -2.49. The van der Waals surface area contributed by atoms with Gasteiger partial charge in [-0.2, -0.15) is 5.10 Å². The summed E-state index contributed by atoms with van der Waals surface area (Å²) in [5, 5.41) is 4.54. The summed E-state index contributed by atoms with van der Waals surface area (Å²) in [5.74, 6) is 0.998. The molecule has 0 radical (unpaired) electrons. The minimum atomic E-state index is -0.429. The van der Waals surface area contributed by atoms with Crippen LogP contribution in [0.15, 0.2) is 53.1 Å². The number of piperidine rings is 1. The highest BCUT2D eigenvalue weighted by Gasteiger charge is 2.45. The number of likely N-dealkylation sites (tertiary alicyclic amines) is 1. The van der Waals surface area contributed by atoms with Crippen molar-refractivity contribution in [3.8, 4) is 17.0 Å². The number of fused-ring (bicyclic) bond motifs is 4. The van der Waals surface area contributed by atoms with Crippen molar-refractivity contribution in [3.05, 3.63) is 69.8 Å². The number of ether oxygens (including phenoxy) is 1. The third-order valence-electron chi connectivity index (χ3n) is 6.55. The van der Waals surface area contributed by atoms with Crippen LogP contribution in [0.5, 0.6) is 5.75 Å². The minimum Gasteiger partial charge on any atom is -0.482 e. The van der Waals surface area contributed by atoms with E-state index >= 15 is 0 Å². The number of amides is 1. The third kappa shape index (κ3) is 3.37. The monoisotopic (exact) mass is 479 g/mol. The number of aryl methyl sites for hydroxylation is 2. The fraction of sp³-hybridized carbons (Fsp3) is 0.360. The first-order valence-corrected chi connectivity index (χ1v) is 11.7. The average molecular weight is 480 g/mol. The molecule has 2 aromatic carbocycles. The smallest absolute Gasteiger partial charge is 0.253 e. The predicted octanol–water partition coefficient (Wildman–Crippen LogP) is 5.33. The van der Waals surface area contributed by atoms with Crippen molar-refractivity contribution in [2.45, 2.75) is 38.2 Å². The summed E-state index contributed by atoms with van der Waals surface area (Å²) in [6.45, 7) is 3.48. The Bertz CT molecular complexity index is 1150. The number of aromatic nitrogens is 2. The van der Waals surface area contributed by atoms with E-state index in [0.29, 0.717) is 13.1 Å². The van der Waals surface area contributed by atoms with Crippen molar-refractivity contribution in [2.75, 3.05) is 13.1 Å². The van der Waals surface area contributed by atoms with Crippen molar-refractivity contribution in [1.29, 1.82) is 0 Å². The summed E-state index contributed by atoms with van der Waals surface area (Å²) in [6.07, 6.45) is 5.46. The summed E-state index contributed by atoms with van der Waals surface area (Å²) in [5.41, 5.74) is 4.86. The maximum atomic E-state index is 13.2. The molecule has 0 bridgehead atoms. The van der Waals surface area contributed by atoms with E-state index < -0.39 is 5.60 Å². The van der Waals surface area contributed by atoms with Gasteiger partial charge in [-0.3, -0.25) is 9.48 Å². The van der Waals surface area contributed by atoms with E-state index in [9.17, 15) is 4.79 Å². The van der Waals surface area contributed by atoms with Crippen LogP contribution >= 0.6 is 15.9 Å². The van der Waals surface area contributed by atoms with Crippen molar-refractivity contribution < 1.29 is 9.53 Å². The zero-order valence-corrected chi connectivity index (χ0v) is 19.5. The van der Waals surface area contributed by atoms with E-state index in [-0.39, 0.29) is 5.91 Å². The number of para-hydroxylation sites is 1. The molecule has 3 heterocycles. The Balaban J connectivity index is 1.39. The first-order valence-electron chi connectivity index (χ1n) is 10.9. The van der Waals surface area contributed by atoms with Gasteiger partial charge in [-0.1, -0.05) is 41.4 Å².